The van der Waals surface area contributed by atoms with Crippen molar-refractivity contribution < 1.29 is 0 Å². The summed E-state index contributed by atoms with van der Waals surface area (Å²) in [4.78, 5) is 1.38. The van der Waals surface area contributed by atoms with E-state index in [0.29, 0.717) is 0 Å². The van der Waals surface area contributed by atoms with Crippen LogP contribution in [0.5, 0.6) is 0 Å². The Hall–Kier alpha value is 0.365. The van der Waals surface area contributed by atoms with Crippen molar-refractivity contribution in [2.75, 3.05) is 6.26 Å². The fourth-order valence-corrected chi connectivity index (χ4v) is 2.33. The van der Waals surface area contributed by atoms with Crippen molar-refractivity contribution in [1.29, 1.82) is 0 Å². The van der Waals surface area contributed by atoms with E-state index in [9.17, 15) is 0 Å². The van der Waals surface area contributed by atoms with Crippen molar-refractivity contribution in [3.63, 3.8) is 0 Å². The smallest absolute Gasteiger partial charge is 0.129 e. The maximum atomic E-state index is 2.36. The molecule has 0 nitrogen and oxygen atoms in total. The van der Waals surface area contributed by atoms with Gasteiger partial charge in [0.15, 0.2) is 0 Å². The van der Waals surface area contributed by atoms with Crippen molar-refractivity contribution in [2.45, 2.75) is 4.90 Å². The monoisotopic (exact) mass is 262 g/mol. The summed E-state index contributed by atoms with van der Waals surface area (Å²) < 4.78 is 1.34. The minimum absolute atomic E-state index is 1.34. The lowest BCUT2D eigenvalue weighted by Gasteiger charge is -2.00. The average Bonchev–Trinajstić information content (AvgIpc) is 1.94. The summed E-state index contributed by atoms with van der Waals surface area (Å²) in [6.07, 6.45) is 2.11. The normalized spacial score (nSPS) is 9.80. The fourth-order valence-electron chi connectivity index (χ4n) is 0.767. The van der Waals surface area contributed by atoms with Crippen LogP contribution in [0.3, 0.4) is 0 Å². The molecule has 0 aromatic heterocycles. The van der Waals surface area contributed by atoms with Crippen LogP contribution in [0.15, 0.2) is 23.1 Å². The first-order chi connectivity index (χ1) is 4.74. The quantitative estimate of drug-likeness (QED) is 0.417. The molecule has 0 spiro atoms. The Morgan fingerprint density at radius 2 is 2.20 bits per heavy atom. The summed E-state index contributed by atoms with van der Waals surface area (Å²) in [6, 6.07) is 6.51. The van der Waals surface area contributed by atoms with E-state index in [1.165, 1.54) is 13.9 Å². The standard InChI is InChI=1S/C7H8BIS/c1-10-7-4-5(8)2-3-6(7)9/h2-4H,8H2,1H3. The second-order valence-electron chi connectivity index (χ2n) is 2.14. The van der Waals surface area contributed by atoms with Crippen LogP contribution in [0.2, 0.25) is 0 Å². The summed E-state index contributed by atoms with van der Waals surface area (Å²) in [5, 5.41) is 0. The molecular formula is C7H8BIS. The average molecular weight is 262 g/mol. The van der Waals surface area contributed by atoms with Gasteiger partial charge in [-0.1, -0.05) is 17.6 Å². The van der Waals surface area contributed by atoms with Crippen molar-refractivity contribution in [3.05, 3.63) is 21.8 Å². The molecule has 0 aliphatic rings. The maximum absolute atomic E-state index is 2.36. The highest BCUT2D eigenvalue weighted by Gasteiger charge is 1.95. The topological polar surface area (TPSA) is 0 Å². The maximum Gasteiger partial charge on any atom is 0.139 e. The lowest BCUT2D eigenvalue weighted by atomic mass is 9.97. The minimum atomic E-state index is 1.34. The van der Waals surface area contributed by atoms with Gasteiger partial charge in [-0.3, -0.25) is 0 Å². The van der Waals surface area contributed by atoms with Gasteiger partial charge in [0.2, 0.25) is 0 Å². The first-order valence-electron chi connectivity index (χ1n) is 3.04. The number of halogens is 1. The van der Waals surface area contributed by atoms with Crippen LogP contribution in [-0.2, 0) is 0 Å². The molecule has 0 radical (unpaired) electrons. The van der Waals surface area contributed by atoms with Gasteiger partial charge in [0.25, 0.3) is 0 Å². The number of thioether (sulfide) groups is 1. The number of benzene rings is 1. The first-order valence-corrected chi connectivity index (χ1v) is 5.34. The molecule has 3 heteroatoms. The van der Waals surface area contributed by atoms with Crippen LogP contribution < -0.4 is 5.46 Å². The van der Waals surface area contributed by atoms with Crippen LogP contribution in [0.4, 0.5) is 0 Å². The molecule has 52 valence electrons. The van der Waals surface area contributed by atoms with Gasteiger partial charge in [-0.25, -0.2) is 0 Å². The van der Waals surface area contributed by atoms with E-state index in [1.807, 2.05) is 0 Å². The summed E-state index contributed by atoms with van der Waals surface area (Å²) in [5.41, 5.74) is 1.34. The summed E-state index contributed by atoms with van der Waals surface area (Å²) in [5.74, 6) is 0. The van der Waals surface area contributed by atoms with E-state index in [4.69, 9.17) is 0 Å². The lowest BCUT2D eigenvalue weighted by molar-refractivity contribution is 1.43. The van der Waals surface area contributed by atoms with Gasteiger partial charge in [-0.2, -0.15) is 0 Å². The Bertz CT molecular complexity index is 237. The highest BCUT2D eigenvalue weighted by Crippen LogP contribution is 2.19. The lowest BCUT2D eigenvalue weighted by Crippen LogP contribution is -2.01. The van der Waals surface area contributed by atoms with E-state index in [-0.39, 0.29) is 0 Å². The van der Waals surface area contributed by atoms with Crippen molar-refractivity contribution in [2.24, 2.45) is 0 Å². The second-order valence-corrected chi connectivity index (χ2v) is 4.15. The zero-order chi connectivity index (χ0) is 7.56. The zero-order valence-corrected chi connectivity index (χ0v) is 8.99. The summed E-state index contributed by atoms with van der Waals surface area (Å²) >= 11 is 4.16. The Morgan fingerprint density at radius 3 is 2.70 bits per heavy atom. The van der Waals surface area contributed by atoms with Gasteiger partial charge in [0.05, 0.1) is 0 Å². The molecular weight excluding hydrogens is 254 g/mol. The Morgan fingerprint density at radius 1 is 1.50 bits per heavy atom. The molecule has 1 aromatic carbocycles. The molecule has 0 saturated carbocycles. The Kier molecular flexibility index (Phi) is 3.10. The summed E-state index contributed by atoms with van der Waals surface area (Å²) in [6.45, 7) is 0. The molecule has 0 aliphatic heterocycles. The third-order valence-corrected chi connectivity index (χ3v) is 3.39. The molecule has 0 amide bonds. The zero-order valence-electron chi connectivity index (χ0n) is 6.02. The number of hydrogen-bond donors (Lipinski definition) is 0. The first kappa shape index (κ1) is 8.46. The van der Waals surface area contributed by atoms with Crippen LogP contribution in [-0.4, -0.2) is 14.1 Å². The van der Waals surface area contributed by atoms with E-state index in [2.05, 4.69) is 54.9 Å². The molecule has 1 rings (SSSR count). The molecule has 0 unspecified atom stereocenters. The summed E-state index contributed by atoms with van der Waals surface area (Å²) in [7, 11) is 2.12. The molecule has 0 aliphatic carbocycles. The minimum Gasteiger partial charge on any atom is -0.129 e. The Labute approximate surface area is 80.3 Å². The SMILES string of the molecule is Bc1ccc(I)c(SC)c1. The van der Waals surface area contributed by atoms with Crippen molar-refractivity contribution in [3.8, 4) is 0 Å². The van der Waals surface area contributed by atoms with Gasteiger partial charge in [-0.05, 0) is 34.9 Å². The van der Waals surface area contributed by atoms with Crippen LogP contribution in [0, 0.1) is 3.57 Å². The van der Waals surface area contributed by atoms with Crippen LogP contribution in [0.25, 0.3) is 0 Å². The van der Waals surface area contributed by atoms with E-state index in [0.717, 1.165) is 0 Å². The molecule has 0 bridgehead atoms. The van der Waals surface area contributed by atoms with E-state index in [1.54, 1.807) is 11.8 Å². The third-order valence-electron chi connectivity index (χ3n) is 1.31. The molecule has 0 saturated heterocycles. The van der Waals surface area contributed by atoms with Crippen LogP contribution in [0.1, 0.15) is 0 Å². The number of rotatable bonds is 1. The van der Waals surface area contributed by atoms with Gasteiger partial charge >= 0.3 is 0 Å². The van der Waals surface area contributed by atoms with Crippen molar-refractivity contribution in [1.82, 2.24) is 0 Å². The number of hydrogen-bond acceptors (Lipinski definition) is 1. The van der Waals surface area contributed by atoms with Crippen LogP contribution >= 0.6 is 34.4 Å². The predicted octanol–water partition coefficient (Wildman–Crippen LogP) is 1.27. The molecule has 0 atom stereocenters. The molecule has 1 aromatic rings. The van der Waals surface area contributed by atoms with E-state index < -0.39 is 0 Å². The predicted molar refractivity (Wildman–Crippen MR) is 59.1 cm³/mol. The van der Waals surface area contributed by atoms with Gasteiger partial charge in [-0.15, -0.1) is 11.8 Å². The van der Waals surface area contributed by atoms with E-state index >= 15 is 0 Å². The second kappa shape index (κ2) is 3.67. The largest absolute Gasteiger partial charge is 0.139 e. The molecule has 0 fully saturated rings. The highest BCUT2D eigenvalue weighted by atomic mass is 127. The molecule has 10 heavy (non-hydrogen) atoms. The van der Waals surface area contributed by atoms with Crippen molar-refractivity contribution >= 4 is 47.7 Å². The van der Waals surface area contributed by atoms with Gasteiger partial charge < -0.3 is 0 Å². The Balaban J connectivity index is 3.09. The van der Waals surface area contributed by atoms with Gasteiger partial charge in [0, 0.05) is 8.47 Å². The third kappa shape index (κ3) is 1.92. The molecule has 0 N–H and O–H groups in total. The highest BCUT2D eigenvalue weighted by molar-refractivity contribution is 14.1. The van der Waals surface area contributed by atoms with Gasteiger partial charge in [0.1, 0.15) is 7.85 Å². The molecule has 0 heterocycles. The fraction of sp³-hybridized carbons (Fsp3) is 0.143.